The van der Waals surface area contributed by atoms with Crippen LogP contribution in [0.3, 0.4) is 0 Å². The van der Waals surface area contributed by atoms with Gasteiger partial charge in [-0.2, -0.15) is 0 Å². The summed E-state index contributed by atoms with van der Waals surface area (Å²) in [5, 5.41) is 6.09. The maximum Gasteiger partial charge on any atom is 0.416 e. The van der Waals surface area contributed by atoms with Crippen LogP contribution in [0.5, 0.6) is 0 Å². The number of halogens is 1. The Balaban J connectivity index is 2.18. The molecule has 0 bridgehead atoms. The van der Waals surface area contributed by atoms with Crippen molar-refractivity contribution >= 4 is 28.5 Å². The first-order valence-electron chi connectivity index (χ1n) is 9.41. The van der Waals surface area contributed by atoms with E-state index in [0.717, 1.165) is 10.9 Å². The van der Waals surface area contributed by atoms with Gasteiger partial charge in [0.25, 0.3) is 5.56 Å². The number of ether oxygens (including phenoxy) is 1. The summed E-state index contributed by atoms with van der Waals surface area (Å²) in [4.78, 5) is 29.4. The highest BCUT2D eigenvalue weighted by Crippen LogP contribution is 2.29. The normalized spacial score (nSPS) is 10.7. The lowest BCUT2D eigenvalue weighted by molar-refractivity contribution is 0.192. The van der Waals surface area contributed by atoms with Gasteiger partial charge in [0, 0.05) is 36.8 Å². The third kappa shape index (κ3) is 4.03. The van der Waals surface area contributed by atoms with Crippen LogP contribution in [0.25, 0.3) is 22.0 Å². The predicted molar refractivity (Wildman–Crippen MR) is 116 cm³/mol. The molecule has 1 amide bonds. The largest absolute Gasteiger partial charge is 0.416 e. The number of amides is 1. The van der Waals surface area contributed by atoms with E-state index in [9.17, 15) is 14.0 Å². The van der Waals surface area contributed by atoms with Crippen LogP contribution in [0.4, 0.5) is 20.7 Å². The summed E-state index contributed by atoms with van der Waals surface area (Å²) >= 11 is 0. The molecule has 0 fully saturated rings. The van der Waals surface area contributed by atoms with Crippen LogP contribution in [-0.4, -0.2) is 22.7 Å². The maximum absolute atomic E-state index is 14.4. The molecule has 0 aliphatic rings. The Morgan fingerprint density at radius 3 is 2.63 bits per heavy atom. The van der Waals surface area contributed by atoms with Gasteiger partial charge in [0.1, 0.15) is 11.6 Å². The molecule has 3 aromatic rings. The summed E-state index contributed by atoms with van der Waals surface area (Å²) in [5.74, 6) is 0.193. The van der Waals surface area contributed by atoms with Gasteiger partial charge in [-0.05, 0) is 50.1 Å². The standard InChI is InChI=1S/C22H23FN4O3/c1-6-27-19-10-20(24-5)25-11-14(19)8-16(21(27)28)15-9-18(17(23)7-13(15)4)26-22(29)30-12(2)3/h7-11H,2,6H2,1,3-5H3,(H,24,25)(H,26,29). The van der Waals surface area contributed by atoms with Crippen molar-refractivity contribution in [2.75, 3.05) is 17.7 Å². The van der Waals surface area contributed by atoms with E-state index >= 15 is 0 Å². The zero-order chi connectivity index (χ0) is 22.0. The van der Waals surface area contributed by atoms with Gasteiger partial charge in [0.15, 0.2) is 0 Å². The molecule has 0 aliphatic heterocycles. The number of nitrogens with zero attached hydrogens (tertiary/aromatic N) is 2. The first-order valence-corrected chi connectivity index (χ1v) is 9.41. The molecule has 0 unspecified atom stereocenters. The third-order valence-corrected chi connectivity index (χ3v) is 4.66. The van der Waals surface area contributed by atoms with E-state index in [2.05, 4.69) is 22.2 Å². The number of hydrogen-bond acceptors (Lipinski definition) is 5. The first kappa shape index (κ1) is 21.0. The van der Waals surface area contributed by atoms with Crippen molar-refractivity contribution in [3.63, 3.8) is 0 Å². The second-order valence-corrected chi connectivity index (χ2v) is 6.85. The second kappa shape index (κ2) is 8.36. The summed E-state index contributed by atoms with van der Waals surface area (Å²) in [6.07, 6.45) is 0.822. The van der Waals surface area contributed by atoms with Crippen LogP contribution in [0.2, 0.25) is 0 Å². The van der Waals surface area contributed by atoms with Crippen molar-refractivity contribution in [3.05, 3.63) is 64.5 Å². The molecule has 0 radical (unpaired) electrons. The maximum atomic E-state index is 14.4. The minimum absolute atomic E-state index is 0.0898. The molecule has 3 rings (SSSR count). The van der Waals surface area contributed by atoms with E-state index in [-0.39, 0.29) is 17.0 Å². The van der Waals surface area contributed by atoms with Crippen molar-refractivity contribution in [2.24, 2.45) is 0 Å². The van der Waals surface area contributed by atoms with Crippen LogP contribution >= 0.6 is 0 Å². The number of nitrogens with one attached hydrogen (secondary N) is 2. The van der Waals surface area contributed by atoms with Gasteiger partial charge >= 0.3 is 6.09 Å². The van der Waals surface area contributed by atoms with E-state index in [1.54, 1.807) is 30.8 Å². The van der Waals surface area contributed by atoms with Gasteiger partial charge in [0.2, 0.25) is 0 Å². The molecule has 7 nitrogen and oxygen atoms in total. The second-order valence-electron chi connectivity index (χ2n) is 6.85. The highest BCUT2D eigenvalue weighted by Gasteiger charge is 2.17. The average molecular weight is 410 g/mol. The minimum Gasteiger partial charge on any atom is -0.416 e. The molecule has 0 spiro atoms. The predicted octanol–water partition coefficient (Wildman–Crippen LogP) is 4.65. The van der Waals surface area contributed by atoms with Gasteiger partial charge in [0.05, 0.1) is 17.0 Å². The highest BCUT2D eigenvalue weighted by atomic mass is 19.1. The number of hydrogen-bond donors (Lipinski definition) is 2. The van der Waals surface area contributed by atoms with Gasteiger partial charge in [-0.15, -0.1) is 0 Å². The molecule has 30 heavy (non-hydrogen) atoms. The molecule has 0 saturated heterocycles. The van der Waals surface area contributed by atoms with E-state index in [1.807, 2.05) is 13.0 Å². The Bertz CT molecular complexity index is 1220. The molecule has 0 saturated carbocycles. The van der Waals surface area contributed by atoms with E-state index in [1.165, 1.54) is 19.1 Å². The smallest absolute Gasteiger partial charge is 0.416 e. The molecular weight excluding hydrogens is 387 g/mol. The van der Waals surface area contributed by atoms with Gasteiger partial charge < -0.3 is 14.6 Å². The van der Waals surface area contributed by atoms with Crippen LogP contribution < -0.4 is 16.2 Å². The molecular formula is C22H23FN4O3. The number of carbonyl (C=O) groups is 1. The Kier molecular flexibility index (Phi) is 5.86. The summed E-state index contributed by atoms with van der Waals surface area (Å²) in [6.45, 7) is 9.02. The zero-order valence-corrected chi connectivity index (χ0v) is 17.3. The van der Waals surface area contributed by atoms with Crippen LogP contribution in [0, 0.1) is 12.7 Å². The fraction of sp³-hybridized carbons (Fsp3) is 0.227. The summed E-state index contributed by atoms with van der Waals surface area (Å²) in [6, 6.07) is 6.24. The van der Waals surface area contributed by atoms with Crippen LogP contribution in [0.1, 0.15) is 19.4 Å². The van der Waals surface area contributed by atoms with E-state index in [4.69, 9.17) is 4.74 Å². The molecule has 2 N–H and O–H groups in total. The molecule has 2 aromatic heterocycles. The fourth-order valence-electron chi connectivity index (χ4n) is 3.27. The molecule has 2 heterocycles. The Morgan fingerprint density at radius 2 is 2.00 bits per heavy atom. The summed E-state index contributed by atoms with van der Waals surface area (Å²) < 4.78 is 20.9. The number of pyridine rings is 2. The van der Waals surface area contributed by atoms with Crippen molar-refractivity contribution in [1.82, 2.24) is 9.55 Å². The van der Waals surface area contributed by atoms with Crippen LogP contribution in [-0.2, 0) is 11.3 Å². The Labute approximate surface area is 173 Å². The van der Waals surface area contributed by atoms with E-state index in [0.29, 0.717) is 29.1 Å². The van der Waals surface area contributed by atoms with Crippen LogP contribution in [0.15, 0.2) is 47.6 Å². The monoisotopic (exact) mass is 410 g/mol. The first-order chi connectivity index (χ1) is 14.2. The SMILES string of the molecule is C=C(C)OC(=O)Nc1cc(-c2cc3cnc(NC)cc3n(CC)c2=O)c(C)cc1F. The molecule has 1 aromatic carbocycles. The van der Waals surface area contributed by atoms with Gasteiger partial charge in [-0.25, -0.2) is 14.2 Å². The van der Waals surface area contributed by atoms with Crippen molar-refractivity contribution in [1.29, 1.82) is 0 Å². The molecule has 8 heteroatoms. The third-order valence-electron chi connectivity index (χ3n) is 4.66. The van der Waals surface area contributed by atoms with Gasteiger partial charge in [-0.1, -0.05) is 6.58 Å². The summed E-state index contributed by atoms with van der Waals surface area (Å²) in [5.41, 5.74) is 1.89. The van der Waals surface area contributed by atoms with Crippen molar-refractivity contribution in [3.8, 4) is 11.1 Å². The number of aromatic nitrogens is 2. The summed E-state index contributed by atoms with van der Waals surface area (Å²) in [7, 11) is 1.76. The lowest BCUT2D eigenvalue weighted by Gasteiger charge is -2.15. The number of fused-ring (bicyclic) bond motifs is 1. The number of aryl methyl sites for hydroxylation is 2. The Hall–Kier alpha value is -3.68. The zero-order valence-electron chi connectivity index (χ0n) is 17.3. The average Bonchev–Trinajstić information content (AvgIpc) is 2.69. The molecule has 0 atom stereocenters. The lowest BCUT2D eigenvalue weighted by Crippen LogP contribution is -2.22. The Morgan fingerprint density at radius 1 is 1.27 bits per heavy atom. The minimum atomic E-state index is -0.857. The van der Waals surface area contributed by atoms with Gasteiger partial charge in [-0.3, -0.25) is 10.1 Å². The lowest BCUT2D eigenvalue weighted by atomic mass is 9.99. The number of carbonyl (C=O) groups excluding carboxylic acids is 1. The quantitative estimate of drug-likeness (QED) is 0.598. The topological polar surface area (TPSA) is 85.2 Å². The molecule has 156 valence electrons. The number of anilines is 2. The van der Waals surface area contributed by atoms with E-state index < -0.39 is 11.9 Å². The highest BCUT2D eigenvalue weighted by molar-refractivity contribution is 5.89. The van der Waals surface area contributed by atoms with Crippen molar-refractivity contribution in [2.45, 2.75) is 27.3 Å². The molecule has 0 aliphatic carbocycles. The van der Waals surface area contributed by atoms with Crippen molar-refractivity contribution < 1.29 is 13.9 Å². The number of allylic oxidation sites excluding steroid dienone is 1. The number of rotatable bonds is 5. The fourth-order valence-corrected chi connectivity index (χ4v) is 3.27. The number of benzene rings is 1.